The van der Waals surface area contributed by atoms with Gasteiger partial charge in [0.25, 0.3) is 5.91 Å². The zero-order valence-electron chi connectivity index (χ0n) is 11.9. The van der Waals surface area contributed by atoms with Gasteiger partial charge in [0, 0.05) is 12.6 Å². The van der Waals surface area contributed by atoms with E-state index in [0.717, 1.165) is 25.8 Å². The Morgan fingerprint density at radius 1 is 1.58 bits per heavy atom. The summed E-state index contributed by atoms with van der Waals surface area (Å²) in [4.78, 5) is 14.6. The first-order valence-corrected chi connectivity index (χ1v) is 7.25. The van der Waals surface area contributed by atoms with Crippen molar-refractivity contribution >= 4 is 5.91 Å². The van der Waals surface area contributed by atoms with E-state index in [9.17, 15) is 4.79 Å². The van der Waals surface area contributed by atoms with Crippen LogP contribution in [0.4, 0.5) is 0 Å². The fraction of sp³-hybridized carbons (Fsp3) is 0.667. The van der Waals surface area contributed by atoms with Crippen LogP contribution in [0.25, 0.3) is 0 Å². The number of likely N-dealkylation sites (tertiary alicyclic amines) is 1. The number of nitrogens with two attached hydrogens (primary N) is 1. The molecule has 106 valence electrons. The van der Waals surface area contributed by atoms with Gasteiger partial charge in [0.15, 0.2) is 0 Å². The number of hydrogen-bond donors (Lipinski definition) is 1. The van der Waals surface area contributed by atoms with Gasteiger partial charge in [-0.1, -0.05) is 20.3 Å². The molecule has 2 unspecified atom stereocenters. The number of rotatable bonds is 4. The predicted molar refractivity (Wildman–Crippen MR) is 74.7 cm³/mol. The lowest BCUT2D eigenvalue weighted by Gasteiger charge is -2.40. The molecule has 1 fully saturated rings. The van der Waals surface area contributed by atoms with Crippen LogP contribution < -0.4 is 5.73 Å². The molecule has 1 aromatic rings. The SMILES string of the molecule is CCCC1C(C)CCCN1C(=O)c1coc(CN)c1. The van der Waals surface area contributed by atoms with Gasteiger partial charge in [-0.05, 0) is 31.2 Å². The quantitative estimate of drug-likeness (QED) is 0.909. The molecule has 2 rings (SSSR count). The van der Waals surface area contributed by atoms with Gasteiger partial charge in [-0.15, -0.1) is 0 Å². The first-order chi connectivity index (χ1) is 9.17. The lowest BCUT2D eigenvalue weighted by Crippen LogP contribution is -2.47. The molecule has 4 nitrogen and oxygen atoms in total. The minimum absolute atomic E-state index is 0.0912. The van der Waals surface area contributed by atoms with Crippen LogP contribution >= 0.6 is 0 Å². The molecule has 4 heteroatoms. The van der Waals surface area contributed by atoms with Crippen LogP contribution in [-0.4, -0.2) is 23.4 Å². The van der Waals surface area contributed by atoms with Gasteiger partial charge in [-0.25, -0.2) is 0 Å². The Balaban J connectivity index is 2.15. The Morgan fingerprint density at radius 3 is 3.00 bits per heavy atom. The van der Waals surface area contributed by atoms with E-state index >= 15 is 0 Å². The fourth-order valence-corrected chi connectivity index (χ4v) is 3.00. The minimum atomic E-state index is 0.0912. The number of nitrogens with zero attached hydrogens (tertiary/aromatic N) is 1. The molecule has 1 amide bonds. The maximum absolute atomic E-state index is 12.6. The molecule has 0 saturated carbocycles. The summed E-state index contributed by atoms with van der Waals surface area (Å²) in [6.45, 7) is 5.62. The molecular formula is C15H24N2O2. The van der Waals surface area contributed by atoms with Crippen LogP contribution in [0, 0.1) is 5.92 Å². The number of furan rings is 1. The summed E-state index contributed by atoms with van der Waals surface area (Å²) >= 11 is 0. The Labute approximate surface area is 114 Å². The molecular weight excluding hydrogens is 240 g/mol. The van der Waals surface area contributed by atoms with E-state index < -0.39 is 0 Å². The third-order valence-electron chi connectivity index (χ3n) is 4.06. The van der Waals surface area contributed by atoms with Crippen molar-refractivity contribution in [3.8, 4) is 0 Å². The molecule has 0 spiro atoms. The maximum atomic E-state index is 12.6. The van der Waals surface area contributed by atoms with E-state index in [-0.39, 0.29) is 5.91 Å². The van der Waals surface area contributed by atoms with Crippen molar-refractivity contribution in [1.82, 2.24) is 4.90 Å². The van der Waals surface area contributed by atoms with Gasteiger partial charge in [-0.3, -0.25) is 4.79 Å². The van der Waals surface area contributed by atoms with E-state index in [2.05, 4.69) is 13.8 Å². The first-order valence-electron chi connectivity index (χ1n) is 7.25. The van der Waals surface area contributed by atoms with Crippen molar-refractivity contribution in [3.63, 3.8) is 0 Å². The second-order valence-corrected chi connectivity index (χ2v) is 5.48. The Hall–Kier alpha value is -1.29. The van der Waals surface area contributed by atoms with E-state index in [1.807, 2.05) is 4.90 Å². The van der Waals surface area contributed by atoms with Crippen LogP contribution in [0.1, 0.15) is 55.6 Å². The summed E-state index contributed by atoms with van der Waals surface area (Å²) in [5.41, 5.74) is 6.16. The summed E-state index contributed by atoms with van der Waals surface area (Å²) in [5.74, 6) is 1.34. The van der Waals surface area contributed by atoms with Crippen LogP contribution in [0.2, 0.25) is 0 Å². The molecule has 0 radical (unpaired) electrons. The predicted octanol–water partition coefficient (Wildman–Crippen LogP) is 2.78. The van der Waals surface area contributed by atoms with Gasteiger partial charge in [0.05, 0.1) is 12.1 Å². The Bertz CT molecular complexity index is 428. The lowest BCUT2D eigenvalue weighted by molar-refractivity contribution is 0.0497. The molecule has 0 aliphatic carbocycles. The van der Waals surface area contributed by atoms with Crippen molar-refractivity contribution in [2.24, 2.45) is 11.7 Å². The summed E-state index contributed by atoms with van der Waals surface area (Å²) in [7, 11) is 0. The molecule has 19 heavy (non-hydrogen) atoms. The van der Waals surface area contributed by atoms with E-state index in [0.29, 0.717) is 29.8 Å². The van der Waals surface area contributed by atoms with Crippen molar-refractivity contribution in [3.05, 3.63) is 23.7 Å². The topological polar surface area (TPSA) is 59.5 Å². The average molecular weight is 264 g/mol. The first kappa shape index (κ1) is 14.1. The third kappa shape index (κ3) is 3.00. The van der Waals surface area contributed by atoms with E-state index in [1.54, 1.807) is 6.07 Å². The number of piperidine rings is 1. The minimum Gasteiger partial charge on any atom is -0.467 e. The van der Waals surface area contributed by atoms with Crippen molar-refractivity contribution in [1.29, 1.82) is 0 Å². The van der Waals surface area contributed by atoms with Gasteiger partial charge < -0.3 is 15.1 Å². The highest BCUT2D eigenvalue weighted by Crippen LogP contribution is 2.28. The smallest absolute Gasteiger partial charge is 0.257 e. The number of hydrogen-bond acceptors (Lipinski definition) is 3. The summed E-state index contributed by atoms with van der Waals surface area (Å²) in [5, 5.41) is 0. The highest BCUT2D eigenvalue weighted by molar-refractivity contribution is 5.94. The summed E-state index contributed by atoms with van der Waals surface area (Å²) < 4.78 is 5.28. The molecule has 2 atom stereocenters. The molecule has 1 aliphatic rings. The number of carbonyl (C=O) groups is 1. The standard InChI is InChI=1S/C15H24N2O2/c1-3-5-14-11(2)6-4-7-17(14)15(18)12-8-13(9-16)19-10-12/h8,10-11,14H,3-7,9,16H2,1-2H3. The van der Waals surface area contributed by atoms with Crippen molar-refractivity contribution < 1.29 is 9.21 Å². The van der Waals surface area contributed by atoms with Crippen LogP contribution in [0.5, 0.6) is 0 Å². The lowest BCUT2D eigenvalue weighted by atomic mass is 9.87. The molecule has 2 N–H and O–H groups in total. The van der Waals surface area contributed by atoms with Gasteiger partial charge in [0.1, 0.15) is 12.0 Å². The molecule has 2 heterocycles. The average Bonchev–Trinajstić information content (AvgIpc) is 2.89. The molecule has 0 aromatic carbocycles. The molecule has 0 bridgehead atoms. The Morgan fingerprint density at radius 2 is 2.37 bits per heavy atom. The zero-order valence-corrected chi connectivity index (χ0v) is 11.9. The van der Waals surface area contributed by atoms with E-state index in [1.165, 1.54) is 12.7 Å². The van der Waals surface area contributed by atoms with Crippen LogP contribution in [0.15, 0.2) is 16.7 Å². The molecule has 1 saturated heterocycles. The Kier molecular flexibility index (Phi) is 4.64. The second-order valence-electron chi connectivity index (χ2n) is 5.48. The van der Waals surface area contributed by atoms with Crippen molar-refractivity contribution in [2.75, 3.05) is 6.54 Å². The third-order valence-corrected chi connectivity index (χ3v) is 4.06. The van der Waals surface area contributed by atoms with Crippen LogP contribution in [0.3, 0.4) is 0 Å². The monoisotopic (exact) mass is 264 g/mol. The van der Waals surface area contributed by atoms with Gasteiger partial charge in [-0.2, -0.15) is 0 Å². The zero-order chi connectivity index (χ0) is 13.8. The maximum Gasteiger partial charge on any atom is 0.257 e. The van der Waals surface area contributed by atoms with Gasteiger partial charge >= 0.3 is 0 Å². The number of amides is 1. The van der Waals surface area contributed by atoms with E-state index in [4.69, 9.17) is 10.2 Å². The largest absolute Gasteiger partial charge is 0.467 e. The second kappa shape index (κ2) is 6.24. The van der Waals surface area contributed by atoms with Crippen LogP contribution in [-0.2, 0) is 6.54 Å². The highest BCUT2D eigenvalue weighted by Gasteiger charge is 2.32. The normalized spacial score (nSPS) is 23.6. The fourth-order valence-electron chi connectivity index (χ4n) is 3.00. The summed E-state index contributed by atoms with van der Waals surface area (Å²) in [6, 6.07) is 2.13. The number of carbonyl (C=O) groups excluding carboxylic acids is 1. The summed E-state index contributed by atoms with van der Waals surface area (Å²) in [6.07, 6.45) is 6.03. The highest BCUT2D eigenvalue weighted by atomic mass is 16.3. The molecule has 1 aliphatic heterocycles. The molecule has 1 aromatic heterocycles. The van der Waals surface area contributed by atoms with Gasteiger partial charge in [0.2, 0.25) is 0 Å². The van der Waals surface area contributed by atoms with Crippen molar-refractivity contribution in [2.45, 2.75) is 52.1 Å².